The van der Waals surface area contributed by atoms with Gasteiger partial charge in [0.05, 0.1) is 19.8 Å². The third kappa shape index (κ3) is 6.20. The molecule has 8 nitrogen and oxygen atoms in total. The second kappa shape index (κ2) is 11.3. The lowest BCUT2D eigenvalue weighted by Gasteiger charge is -2.38. The number of aliphatic carboxylic acids is 1. The number of nitrogens with zero attached hydrogens (tertiary/aromatic N) is 2. The summed E-state index contributed by atoms with van der Waals surface area (Å²) in [7, 11) is 3.12. The number of nitrogens with one attached hydrogen (secondary N) is 1. The van der Waals surface area contributed by atoms with Gasteiger partial charge in [0.15, 0.2) is 11.5 Å². The number of hydrogen-bond acceptors (Lipinski definition) is 5. The molecule has 0 saturated carbocycles. The van der Waals surface area contributed by atoms with Crippen LogP contribution in [-0.4, -0.2) is 61.6 Å². The number of ether oxygens (including phenoxy) is 2. The molecule has 2 N–H and O–H groups in total. The SMILES string of the molecule is COc1cc2c(cc1OC)C(CC1CN(C(=O)Nc3cccc(C(F)(F)F)c3)CCC1CC(=O)O)=NCC2. The number of piperidine rings is 1. The topological polar surface area (TPSA) is 100 Å². The maximum Gasteiger partial charge on any atom is 0.416 e. The van der Waals surface area contributed by atoms with Gasteiger partial charge < -0.3 is 24.8 Å². The highest BCUT2D eigenvalue weighted by atomic mass is 19.4. The monoisotopic (exact) mass is 533 g/mol. The van der Waals surface area contributed by atoms with E-state index < -0.39 is 23.7 Å². The summed E-state index contributed by atoms with van der Waals surface area (Å²) in [5.41, 5.74) is 1.97. The van der Waals surface area contributed by atoms with Gasteiger partial charge in [-0.15, -0.1) is 0 Å². The minimum Gasteiger partial charge on any atom is -0.493 e. The molecular formula is C27H30F3N3O5. The zero-order valence-electron chi connectivity index (χ0n) is 21.2. The molecule has 2 aliphatic rings. The Morgan fingerprint density at radius 3 is 2.55 bits per heavy atom. The number of amides is 2. The molecule has 204 valence electrons. The Morgan fingerprint density at radius 1 is 1.13 bits per heavy atom. The maximum atomic E-state index is 13.1. The van der Waals surface area contributed by atoms with Crippen molar-refractivity contribution in [1.82, 2.24) is 4.90 Å². The fourth-order valence-corrected chi connectivity index (χ4v) is 5.18. The summed E-state index contributed by atoms with van der Waals surface area (Å²) in [6.07, 6.45) is -2.93. The van der Waals surface area contributed by atoms with Gasteiger partial charge in [-0.1, -0.05) is 6.07 Å². The number of benzene rings is 2. The number of methoxy groups -OCH3 is 2. The molecule has 0 aliphatic carbocycles. The summed E-state index contributed by atoms with van der Waals surface area (Å²) in [6, 6.07) is 7.74. The van der Waals surface area contributed by atoms with Gasteiger partial charge >= 0.3 is 18.2 Å². The molecule has 11 heteroatoms. The minimum atomic E-state index is -4.52. The van der Waals surface area contributed by atoms with Crippen LogP contribution in [0, 0.1) is 11.8 Å². The van der Waals surface area contributed by atoms with Crippen molar-refractivity contribution >= 4 is 23.4 Å². The lowest BCUT2D eigenvalue weighted by molar-refractivity contribution is -0.139. The van der Waals surface area contributed by atoms with Crippen LogP contribution in [0.1, 0.15) is 36.0 Å². The van der Waals surface area contributed by atoms with Crippen molar-refractivity contribution in [3.05, 3.63) is 53.1 Å². The van der Waals surface area contributed by atoms with Crippen LogP contribution in [0.15, 0.2) is 41.4 Å². The zero-order chi connectivity index (χ0) is 27.4. The molecule has 0 spiro atoms. The number of alkyl halides is 3. The molecule has 2 aromatic carbocycles. The minimum absolute atomic E-state index is 0.0418. The highest BCUT2D eigenvalue weighted by molar-refractivity contribution is 6.03. The average molecular weight is 534 g/mol. The van der Waals surface area contributed by atoms with Crippen LogP contribution in [0.2, 0.25) is 0 Å². The predicted octanol–water partition coefficient (Wildman–Crippen LogP) is 5.10. The molecule has 2 amide bonds. The summed E-state index contributed by atoms with van der Waals surface area (Å²) in [4.78, 5) is 30.8. The van der Waals surface area contributed by atoms with E-state index in [-0.39, 0.29) is 30.5 Å². The number of likely N-dealkylation sites (tertiary alicyclic amines) is 1. The first-order chi connectivity index (χ1) is 18.1. The number of halogens is 3. The van der Waals surface area contributed by atoms with Crippen LogP contribution in [0.4, 0.5) is 23.7 Å². The molecule has 0 aromatic heterocycles. The fourth-order valence-electron chi connectivity index (χ4n) is 5.18. The van der Waals surface area contributed by atoms with E-state index >= 15 is 0 Å². The second-order valence-electron chi connectivity index (χ2n) is 9.51. The van der Waals surface area contributed by atoms with Crippen molar-refractivity contribution in [2.45, 2.75) is 31.9 Å². The Hall–Kier alpha value is -3.76. The van der Waals surface area contributed by atoms with Gasteiger partial charge in [-0.2, -0.15) is 13.2 Å². The number of rotatable bonds is 7. The van der Waals surface area contributed by atoms with Crippen molar-refractivity contribution in [3.8, 4) is 11.5 Å². The third-order valence-electron chi connectivity index (χ3n) is 7.12. The van der Waals surface area contributed by atoms with Crippen molar-refractivity contribution in [2.24, 2.45) is 16.8 Å². The molecular weight excluding hydrogens is 503 g/mol. The number of carbonyl (C=O) groups excluding carboxylic acids is 1. The number of urea groups is 1. The van der Waals surface area contributed by atoms with Crippen molar-refractivity contribution in [2.75, 3.05) is 39.2 Å². The van der Waals surface area contributed by atoms with Crippen molar-refractivity contribution in [1.29, 1.82) is 0 Å². The highest BCUT2D eigenvalue weighted by Crippen LogP contribution is 2.36. The summed E-state index contributed by atoms with van der Waals surface area (Å²) in [5.74, 6) is -0.123. The van der Waals surface area contributed by atoms with Crippen LogP contribution in [0.3, 0.4) is 0 Å². The average Bonchev–Trinajstić information content (AvgIpc) is 2.88. The predicted molar refractivity (Wildman–Crippen MR) is 135 cm³/mol. The van der Waals surface area contributed by atoms with Crippen LogP contribution in [-0.2, 0) is 17.4 Å². The van der Waals surface area contributed by atoms with Crippen LogP contribution in [0.25, 0.3) is 0 Å². The first kappa shape index (κ1) is 27.3. The standard InChI is InChI=1S/C27H30F3N3O5/c1-37-23-11-17-6-8-31-22(21(17)14-24(23)38-2)10-18-15-33(9-7-16(18)12-25(34)35)26(36)32-20-5-3-4-19(13-20)27(28,29)30/h3-5,11,13-14,16,18H,6-10,12,15H2,1-2H3,(H,32,36)(H,34,35). The Morgan fingerprint density at radius 2 is 1.87 bits per heavy atom. The Balaban J connectivity index is 1.53. The molecule has 38 heavy (non-hydrogen) atoms. The van der Waals surface area contributed by atoms with E-state index in [1.807, 2.05) is 12.1 Å². The number of carbonyl (C=O) groups is 2. The normalized spacial score (nSPS) is 19.3. The molecule has 2 heterocycles. The summed E-state index contributed by atoms with van der Waals surface area (Å²) >= 11 is 0. The number of anilines is 1. The second-order valence-corrected chi connectivity index (χ2v) is 9.51. The van der Waals surface area contributed by atoms with Crippen LogP contribution >= 0.6 is 0 Å². The number of hydrogen-bond donors (Lipinski definition) is 2. The number of fused-ring (bicyclic) bond motifs is 1. The lowest BCUT2D eigenvalue weighted by atomic mass is 9.78. The molecule has 4 rings (SSSR count). The summed E-state index contributed by atoms with van der Waals surface area (Å²) in [5, 5.41) is 12.0. The number of carboxylic acid groups (broad SMARTS) is 1. The fraction of sp³-hybridized carbons (Fsp3) is 0.444. The Bertz CT molecular complexity index is 1230. The smallest absolute Gasteiger partial charge is 0.416 e. The molecule has 1 fully saturated rings. The van der Waals surface area contributed by atoms with E-state index in [1.165, 1.54) is 17.0 Å². The van der Waals surface area contributed by atoms with Gasteiger partial charge in [0.1, 0.15) is 0 Å². The molecule has 2 atom stereocenters. The zero-order valence-corrected chi connectivity index (χ0v) is 21.2. The molecule has 1 saturated heterocycles. The first-order valence-electron chi connectivity index (χ1n) is 12.3. The van der Waals surface area contributed by atoms with E-state index in [0.717, 1.165) is 35.4 Å². The quantitative estimate of drug-likeness (QED) is 0.516. The van der Waals surface area contributed by atoms with Gasteiger partial charge in [0, 0.05) is 43.0 Å². The molecule has 2 unspecified atom stereocenters. The van der Waals surface area contributed by atoms with Gasteiger partial charge in [-0.3, -0.25) is 9.79 Å². The van der Waals surface area contributed by atoms with Crippen LogP contribution < -0.4 is 14.8 Å². The Labute approximate surface area is 218 Å². The van der Waals surface area contributed by atoms with E-state index in [2.05, 4.69) is 5.32 Å². The van der Waals surface area contributed by atoms with Gasteiger partial charge in [0.2, 0.25) is 0 Å². The molecule has 2 aromatic rings. The molecule has 2 aliphatic heterocycles. The summed E-state index contributed by atoms with van der Waals surface area (Å²) < 4.78 is 50.1. The lowest BCUT2D eigenvalue weighted by Crippen LogP contribution is -2.46. The number of aliphatic imine (C=N–C) groups is 1. The van der Waals surface area contributed by atoms with Crippen molar-refractivity contribution < 1.29 is 37.3 Å². The first-order valence-corrected chi connectivity index (χ1v) is 12.3. The van der Waals surface area contributed by atoms with Gasteiger partial charge in [0.25, 0.3) is 0 Å². The Kier molecular flexibility index (Phi) is 8.13. The maximum absolute atomic E-state index is 13.1. The van der Waals surface area contributed by atoms with E-state index in [1.54, 1.807) is 14.2 Å². The number of carboxylic acids is 1. The largest absolute Gasteiger partial charge is 0.493 e. The highest BCUT2D eigenvalue weighted by Gasteiger charge is 2.35. The third-order valence-corrected chi connectivity index (χ3v) is 7.12. The van der Waals surface area contributed by atoms with E-state index in [4.69, 9.17) is 14.5 Å². The van der Waals surface area contributed by atoms with Crippen LogP contribution in [0.5, 0.6) is 11.5 Å². The summed E-state index contributed by atoms with van der Waals surface area (Å²) in [6.45, 7) is 1.13. The van der Waals surface area contributed by atoms with E-state index in [0.29, 0.717) is 37.4 Å². The molecule has 0 radical (unpaired) electrons. The van der Waals surface area contributed by atoms with Gasteiger partial charge in [-0.25, -0.2) is 4.79 Å². The molecule has 0 bridgehead atoms. The van der Waals surface area contributed by atoms with Gasteiger partial charge in [-0.05, 0) is 67.0 Å². The van der Waals surface area contributed by atoms with E-state index in [9.17, 15) is 27.9 Å². The van der Waals surface area contributed by atoms with Crippen molar-refractivity contribution in [3.63, 3.8) is 0 Å².